The molecule has 8 nitrogen and oxygen atoms in total. The second kappa shape index (κ2) is 12.1. The third kappa shape index (κ3) is 6.33. The summed E-state index contributed by atoms with van der Waals surface area (Å²) >= 11 is 0. The maximum Gasteiger partial charge on any atom is 0.306 e. The number of aryl methyl sites for hydroxylation is 1. The number of benzene rings is 2. The van der Waals surface area contributed by atoms with E-state index in [0.29, 0.717) is 49.0 Å². The molecule has 2 aromatic carbocycles. The van der Waals surface area contributed by atoms with E-state index in [1.54, 1.807) is 13.0 Å². The highest BCUT2D eigenvalue weighted by atomic mass is 32.2. The largest absolute Gasteiger partial charge is 0.485 e. The van der Waals surface area contributed by atoms with Gasteiger partial charge in [0.15, 0.2) is 9.84 Å². The van der Waals surface area contributed by atoms with Crippen LogP contribution in [0.25, 0.3) is 11.1 Å². The maximum atomic E-state index is 15.1. The summed E-state index contributed by atoms with van der Waals surface area (Å²) in [6, 6.07) is 13.7. The van der Waals surface area contributed by atoms with E-state index in [1.807, 2.05) is 18.2 Å². The van der Waals surface area contributed by atoms with Crippen LogP contribution >= 0.6 is 0 Å². The molecule has 3 aliphatic rings. The zero-order valence-electron chi connectivity index (χ0n) is 25.3. The summed E-state index contributed by atoms with van der Waals surface area (Å²) in [5.41, 5.74) is 5.01. The molecule has 1 saturated carbocycles. The number of fused-ring (bicyclic) bond motifs is 1. The number of nitrogens with zero attached hydrogens (tertiary/aromatic N) is 2. The highest BCUT2D eigenvalue weighted by molar-refractivity contribution is 7.91. The number of sulfone groups is 1. The molecule has 2 aliphatic heterocycles. The molecule has 10 heteroatoms. The summed E-state index contributed by atoms with van der Waals surface area (Å²) in [4.78, 5) is 18.0. The van der Waals surface area contributed by atoms with Gasteiger partial charge in [-0.25, -0.2) is 17.8 Å². The van der Waals surface area contributed by atoms with Crippen LogP contribution in [0.2, 0.25) is 0 Å². The molecule has 3 aromatic rings. The highest BCUT2D eigenvalue weighted by Crippen LogP contribution is 2.48. The Kier molecular flexibility index (Phi) is 8.41. The number of pyridine rings is 1. The summed E-state index contributed by atoms with van der Waals surface area (Å²) in [6.07, 6.45) is 6.44. The Hall–Kier alpha value is -3.50. The first-order valence-corrected chi connectivity index (χ1v) is 17.2. The third-order valence-electron chi connectivity index (χ3n) is 9.54. The average Bonchev–Trinajstić information content (AvgIpc) is 3.72. The Morgan fingerprint density at radius 3 is 2.61 bits per heavy atom. The molecular formula is C34H39FN2O6S. The van der Waals surface area contributed by atoms with Crippen molar-refractivity contribution in [1.29, 1.82) is 0 Å². The van der Waals surface area contributed by atoms with Crippen LogP contribution in [0.3, 0.4) is 0 Å². The van der Waals surface area contributed by atoms with E-state index in [0.717, 1.165) is 59.9 Å². The molecule has 4 atom stereocenters. The van der Waals surface area contributed by atoms with E-state index in [9.17, 15) is 18.3 Å². The number of halogens is 1. The Morgan fingerprint density at radius 2 is 1.93 bits per heavy atom. The summed E-state index contributed by atoms with van der Waals surface area (Å²) < 4.78 is 51.5. The lowest BCUT2D eigenvalue weighted by Gasteiger charge is -2.29. The van der Waals surface area contributed by atoms with Crippen molar-refractivity contribution in [3.63, 3.8) is 0 Å². The van der Waals surface area contributed by atoms with Crippen molar-refractivity contribution in [2.24, 2.45) is 11.8 Å². The second-order valence-corrected chi connectivity index (χ2v) is 14.9. The Morgan fingerprint density at radius 1 is 1.14 bits per heavy atom. The van der Waals surface area contributed by atoms with E-state index in [1.165, 1.54) is 13.4 Å². The maximum absolute atomic E-state index is 15.1. The predicted octanol–water partition coefficient (Wildman–Crippen LogP) is 5.80. The van der Waals surface area contributed by atoms with Crippen LogP contribution < -0.4 is 9.47 Å². The number of rotatable bonds is 10. The lowest BCUT2D eigenvalue weighted by molar-refractivity contribution is -0.142. The minimum absolute atomic E-state index is 0.0452. The summed E-state index contributed by atoms with van der Waals surface area (Å²) in [6.45, 7) is 3.31. The average molecular weight is 623 g/mol. The molecule has 44 heavy (non-hydrogen) atoms. The summed E-state index contributed by atoms with van der Waals surface area (Å²) in [5.74, 6) is -0.297. The van der Waals surface area contributed by atoms with Crippen LogP contribution in [0.15, 0.2) is 48.7 Å². The van der Waals surface area contributed by atoms with E-state index < -0.39 is 32.8 Å². The quantitative estimate of drug-likeness (QED) is 0.303. The number of hydrogen-bond acceptors (Lipinski definition) is 7. The number of carboxylic acids is 1. The van der Waals surface area contributed by atoms with Gasteiger partial charge in [0.05, 0.1) is 24.5 Å². The SMILES string of the molecule is COc1cc(-c2ccc(C3CCc4ccc([C@H](C5CC5)[C@H](C)C(=O)O)cc4O3)cc2CN2CC[C@H](S(C)(=O)=O)C2)c(F)cn1. The van der Waals surface area contributed by atoms with Crippen molar-refractivity contribution in [3.05, 3.63) is 76.7 Å². The lowest BCUT2D eigenvalue weighted by atomic mass is 9.82. The Bertz CT molecular complexity index is 1670. The minimum atomic E-state index is -3.16. The van der Waals surface area contributed by atoms with Gasteiger partial charge >= 0.3 is 5.97 Å². The van der Waals surface area contributed by atoms with Gasteiger partial charge in [-0.2, -0.15) is 0 Å². The van der Waals surface area contributed by atoms with Crippen LogP contribution in [0.4, 0.5) is 4.39 Å². The molecule has 1 saturated heterocycles. The molecule has 6 rings (SSSR count). The van der Waals surface area contributed by atoms with Gasteiger partial charge in [-0.05, 0) is 84.4 Å². The predicted molar refractivity (Wildman–Crippen MR) is 165 cm³/mol. The second-order valence-electron chi connectivity index (χ2n) is 12.6. The number of likely N-dealkylation sites (tertiary alicyclic amines) is 1. The number of hydrogen-bond donors (Lipinski definition) is 1. The van der Waals surface area contributed by atoms with Crippen LogP contribution in [0.1, 0.15) is 66.9 Å². The van der Waals surface area contributed by atoms with Gasteiger partial charge < -0.3 is 14.6 Å². The molecule has 0 amide bonds. The van der Waals surface area contributed by atoms with Crippen molar-refractivity contribution < 1.29 is 32.2 Å². The zero-order chi connectivity index (χ0) is 31.2. The molecule has 2 fully saturated rings. The van der Waals surface area contributed by atoms with Gasteiger partial charge in [-0.15, -0.1) is 0 Å². The number of ether oxygens (including phenoxy) is 2. The smallest absolute Gasteiger partial charge is 0.306 e. The Balaban J connectivity index is 1.32. The molecule has 0 radical (unpaired) electrons. The number of carboxylic acid groups (broad SMARTS) is 1. The summed E-state index contributed by atoms with van der Waals surface area (Å²) in [7, 11) is -1.67. The van der Waals surface area contributed by atoms with Crippen molar-refractivity contribution in [2.45, 2.75) is 62.8 Å². The number of aromatic nitrogens is 1. The van der Waals surface area contributed by atoms with Crippen molar-refractivity contribution in [2.75, 3.05) is 26.5 Å². The van der Waals surface area contributed by atoms with Crippen molar-refractivity contribution >= 4 is 15.8 Å². The normalized spacial score (nSPS) is 21.7. The first kappa shape index (κ1) is 30.5. The van der Waals surface area contributed by atoms with Crippen LogP contribution in [0, 0.1) is 17.7 Å². The van der Waals surface area contributed by atoms with Gasteiger partial charge in [0.1, 0.15) is 17.7 Å². The molecule has 234 valence electrons. The molecular weight excluding hydrogens is 583 g/mol. The molecule has 3 heterocycles. The third-order valence-corrected chi connectivity index (χ3v) is 11.1. The molecule has 0 bridgehead atoms. The standard InChI is InChI=1S/C34H39FN2O6S/c1-20(34(38)39)33(22-5-6-22)24-7-4-21-9-11-30(43-31(21)15-24)23-8-10-27(28-16-32(42-2)36-17-29(28)35)25(14-23)18-37-13-12-26(19-37)44(3,40)41/h4,7-8,10,14-17,20,22,26,30,33H,5-6,9,11-13,18-19H2,1-3H3,(H,38,39)/t20-,26-,30?,33-/m0/s1. The van der Waals surface area contributed by atoms with Crippen LogP contribution in [-0.2, 0) is 27.6 Å². The van der Waals surface area contributed by atoms with E-state index in [2.05, 4.69) is 28.1 Å². The number of methoxy groups -OCH3 is 1. The van der Waals surface area contributed by atoms with E-state index in [4.69, 9.17) is 9.47 Å². The van der Waals surface area contributed by atoms with Crippen molar-refractivity contribution in [3.8, 4) is 22.8 Å². The molecule has 1 aliphatic carbocycles. The van der Waals surface area contributed by atoms with Gasteiger partial charge in [-0.3, -0.25) is 9.69 Å². The minimum Gasteiger partial charge on any atom is -0.485 e. The van der Waals surface area contributed by atoms with Gasteiger partial charge in [0, 0.05) is 31.0 Å². The number of aliphatic carboxylic acids is 1. The molecule has 0 spiro atoms. The van der Waals surface area contributed by atoms with Gasteiger partial charge in [0.25, 0.3) is 0 Å². The molecule has 1 aromatic heterocycles. The fraction of sp³-hybridized carbons (Fsp3) is 0.471. The zero-order valence-corrected chi connectivity index (χ0v) is 26.1. The summed E-state index contributed by atoms with van der Waals surface area (Å²) in [5, 5.41) is 9.34. The van der Waals surface area contributed by atoms with Gasteiger partial charge in [0.2, 0.25) is 5.88 Å². The first-order valence-electron chi connectivity index (χ1n) is 15.3. The van der Waals surface area contributed by atoms with E-state index >= 15 is 4.39 Å². The van der Waals surface area contributed by atoms with E-state index in [-0.39, 0.29) is 12.0 Å². The molecule has 1 N–H and O–H groups in total. The number of carbonyl (C=O) groups is 1. The topological polar surface area (TPSA) is 106 Å². The van der Waals surface area contributed by atoms with Gasteiger partial charge in [-0.1, -0.05) is 37.3 Å². The van der Waals surface area contributed by atoms with Crippen LogP contribution in [-0.4, -0.2) is 61.1 Å². The first-order chi connectivity index (χ1) is 21.0. The Labute approximate surface area is 258 Å². The highest BCUT2D eigenvalue weighted by Gasteiger charge is 2.39. The lowest BCUT2D eigenvalue weighted by Crippen LogP contribution is -2.26. The fourth-order valence-electron chi connectivity index (χ4n) is 6.88. The fourth-order valence-corrected chi connectivity index (χ4v) is 7.90. The monoisotopic (exact) mass is 622 g/mol. The van der Waals surface area contributed by atoms with Crippen LogP contribution in [0.5, 0.6) is 11.6 Å². The van der Waals surface area contributed by atoms with Crippen molar-refractivity contribution in [1.82, 2.24) is 9.88 Å². The molecule has 1 unspecified atom stereocenters.